The summed E-state index contributed by atoms with van der Waals surface area (Å²) >= 11 is 0. The zero-order chi connectivity index (χ0) is 14.4. The van der Waals surface area contributed by atoms with Crippen LogP contribution in [0.1, 0.15) is 12.5 Å². The fraction of sp³-hybridized carbons (Fsp3) is 0.188. The minimum absolute atomic E-state index is 0.399. The van der Waals surface area contributed by atoms with Gasteiger partial charge in [0, 0.05) is 6.07 Å². The Hall–Kier alpha value is -2.67. The molecule has 4 nitrogen and oxygen atoms in total. The Balaban J connectivity index is 2.13. The average molecular weight is 268 g/mol. The summed E-state index contributed by atoms with van der Waals surface area (Å²) < 4.78 is 11.2. The maximum Gasteiger partial charge on any atom is 0.145 e. The molecular formula is C16H16N2O2. The van der Waals surface area contributed by atoms with Crippen molar-refractivity contribution in [1.29, 1.82) is 5.26 Å². The van der Waals surface area contributed by atoms with Gasteiger partial charge in [0.25, 0.3) is 0 Å². The van der Waals surface area contributed by atoms with E-state index in [-0.39, 0.29) is 0 Å². The molecule has 0 aliphatic carbocycles. The topological polar surface area (TPSA) is 68.3 Å². The Bertz CT molecular complexity index is 615. The van der Waals surface area contributed by atoms with Crippen LogP contribution in [-0.2, 0) is 6.42 Å². The monoisotopic (exact) mass is 268 g/mol. The lowest BCUT2D eigenvalue weighted by Gasteiger charge is -2.10. The summed E-state index contributed by atoms with van der Waals surface area (Å²) in [6.07, 6.45) is 0.399. The first-order valence-electron chi connectivity index (χ1n) is 6.39. The van der Waals surface area contributed by atoms with Crippen LogP contribution in [0.3, 0.4) is 0 Å². The third-order valence-corrected chi connectivity index (χ3v) is 2.73. The van der Waals surface area contributed by atoms with E-state index in [1.54, 1.807) is 18.2 Å². The van der Waals surface area contributed by atoms with Gasteiger partial charge in [-0.15, -0.1) is 0 Å². The number of anilines is 1. The minimum Gasteiger partial charge on any atom is -0.492 e. The van der Waals surface area contributed by atoms with Crippen molar-refractivity contribution in [1.82, 2.24) is 0 Å². The van der Waals surface area contributed by atoms with Gasteiger partial charge in [-0.05, 0) is 36.8 Å². The molecule has 2 N–H and O–H groups in total. The fourth-order valence-corrected chi connectivity index (χ4v) is 1.76. The van der Waals surface area contributed by atoms with E-state index >= 15 is 0 Å². The van der Waals surface area contributed by atoms with Crippen LogP contribution >= 0.6 is 0 Å². The predicted molar refractivity (Wildman–Crippen MR) is 77.9 cm³/mol. The molecule has 0 amide bonds. The number of nitrogens with two attached hydrogens (primary N) is 1. The molecule has 0 bridgehead atoms. The normalized spacial score (nSPS) is 9.80. The van der Waals surface area contributed by atoms with E-state index in [1.165, 1.54) is 0 Å². The lowest BCUT2D eigenvalue weighted by molar-refractivity contribution is 0.340. The van der Waals surface area contributed by atoms with Crippen LogP contribution in [0.15, 0.2) is 42.5 Å². The summed E-state index contributed by atoms with van der Waals surface area (Å²) in [7, 11) is 0. The van der Waals surface area contributed by atoms with Crippen LogP contribution in [0.4, 0.5) is 5.69 Å². The highest BCUT2D eigenvalue weighted by Gasteiger charge is 2.04. The lowest BCUT2D eigenvalue weighted by Crippen LogP contribution is -1.97. The van der Waals surface area contributed by atoms with Crippen LogP contribution < -0.4 is 15.2 Å². The summed E-state index contributed by atoms with van der Waals surface area (Å²) in [5, 5.41) is 8.62. The second-order valence-electron chi connectivity index (χ2n) is 4.21. The fourth-order valence-electron chi connectivity index (χ4n) is 1.76. The van der Waals surface area contributed by atoms with Crippen molar-refractivity contribution in [2.75, 3.05) is 12.3 Å². The Morgan fingerprint density at radius 1 is 1.10 bits per heavy atom. The van der Waals surface area contributed by atoms with E-state index in [1.807, 2.05) is 31.2 Å². The van der Waals surface area contributed by atoms with Crippen molar-refractivity contribution >= 4 is 5.69 Å². The number of rotatable bonds is 5. The van der Waals surface area contributed by atoms with Crippen molar-refractivity contribution < 1.29 is 9.47 Å². The first kappa shape index (κ1) is 13.8. The van der Waals surface area contributed by atoms with Crippen molar-refractivity contribution in [2.45, 2.75) is 13.3 Å². The van der Waals surface area contributed by atoms with E-state index in [4.69, 9.17) is 20.5 Å². The Kier molecular flexibility index (Phi) is 4.46. The quantitative estimate of drug-likeness (QED) is 0.842. The van der Waals surface area contributed by atoms with Crippen LogP contribution in [0.5, 0.6) is 17.2 Å². The standard InChI is InChI=1S/C16H16N2O2/c1-2-19-16-11-14(7-8-15(16)18)20-13-5-3-12(4-6-13)9-10-17/h3-8,11H,2,9,18H2,1H3. The summed E-state index contributed by atoms with van der Waals surface area (Å²) in [5.74, 6) is 1.99. The van der Waals surface area contributed by atoms with Gasteiger partial charge in [0.05, 0.1) is 24.8 Å². The molecule has 102 valence electrons. The van der Waals surface area contributed by atoms with Gasteiger partial charge in [-0.25, -0.2) is 0 Å². The third kappa shape index (κ3) is 3.42. The van der Waals surface area contributed by atoms with Gasteiger partial charge in [0.2, 0.25) is 0 Å². The van der Waals surface area contributed by atoms with Crippen molar-refractivity contribution in [3.63, 3.8) is 0 Å². The van der Waals surface area contributed by atoms with Gasteiger partial charge in [-0.3, -0.25) is 0 Å². The highest BCUT2D eigenvalue weighted by Crippen LogP contribution is 2.30. The van der Waals surface area contributed by atoms with E-state index in [9.17, 15) is 0 Å². The number of nitriles is 1. The number of benzene rings is 2. The summed E-state index contributed by atoms with van der Waals surface area (Å²) in [4.78, 5) is 0. The molecule has 0 heterocycles. The molecule has 0 fully saturated rings. The molecule has 0 atom stereocenters. The predicted octanol–water partition coefficient (Wildman–Crippen LogP) is 3.53. The SMILES string of the molecule is CCOc1cc(Oc2ccc(CC#N)cc2)ccc1N. The van der Waals surface area contributed by atoms with Crippen molar-refractivity contribution in [3.05, 3.63) is 48.0 Å². The third-order valence-electron chi connectivity index (χ3n) is 2.73. The molecule has 0 saturated carbocycles. The lowest BCUT2D eigenvalue weighted by atomic mass is 10.2. The van der Waals surface area contributed by atoms with Crippen molar-refractivity contribution in [2.24, 2.45) is 0 Å². The number of nitrogen functional groups attached to an aromatic ring is 1. The molecule has 4 heteroatoms. The molecular weight excluding hydrogens is 252 g/mol. The molecule has 0 unspecified atom stereocenters. The Labute approximate surface area is 118 Å². The molecule has 0 aromatic heterocycles. The van der Waals surface area contributed by atoms with Gasteiger partial charge in [-0.1, -0.05) is 12.1 Å². The zero-order valence-electron chi connectivity index (χ0n) is 11.3. The summed E-state index contributed by atoms with van der Waals surface area (Å²) in [6.45, 7) is 2.46. The van der Waals surface area contributed by atoms with E-state index in [0.717, 1.165) is 5.56 Å². The number of nitrogens with zero attached hydrogens (tertiary/aromatic N) is 1. The second-order valence-corrected chi connectivity index (χ2v) is 4.21. The highest BCUT2D eigenvalue weighted by molar-refractivity contribution is 5.56. The Morgan fingerprint density at radius 3 is 2.45 bits per heavy atom. The van der Waals surface area contributed by atoms with Crippen LogP contribution in [0, 0.1) is 11.3 Å². The van der Waals surface area contributed by atoms with E-state index < -0.39 is 0 Å². The molecule has 2 rings (SSSR count). The zero-order valence-corrected chi connectivity index (χ0v) is 11.3. The summed E-state index contributed by atoms with van der Waals surface area (Å²) in [5.41, 5.74) is 7.36. The molecule has 20 heavy (non-hydrogen) atoms. The van der Waals surface area contributed by atoms with Crippen LogP contribution in [-0.4, -0.2) is 6.61 Å². The van der Waals surface area contributed by atoms with Gasteiger partial charge < -0.3 is 15.2 Å². The molecule has 0 aliphatic rings. The van der Waals surface area contributed by atoms with Crippen LogP contribution in [0.25, 0.3) is 0 Å². The van der Waals surface area contributed by atoms with Gasteiger partial charge in [0.15, 0.2) is 0 Å². The molecule has 2 aromatic carbocycles. The molecule has 2 aromatic rings. The average Bonchev–Trinajstić information content (AvgIpc) is 2.45. The molecule has 0 aliphatic heterocycles. The number of hydrogen-bond acceptors (Lipinski definition) is 4. The smallest absolute Gasteiger partial charge is 0.145 e. The Morgan fingerprint density at radius 2 is 1.80 bits per heavy atom. The number of hydrogen-bond donors (Lipinski definition) is 1. The summed E-state index contributed by atoms with van der Waals surface area (Å²) in [6, 6.07) is 14.8. The number of ether oxygens (including phenoxy) is 2. The second kappa shape index (κ2) is 6.48. The highest BCUT2D eigenvalue weighted by atomic mass is 16.5. The van der Waals surface area contributed by atoms with Crippen LogP contribution in [0.2, 0.25) is 0 Å². The first-order chi connectivity index (χ1) is 9.72. The maximum absolute atomic E-state index is 8.62. The maximum atomic E-state index is 8.62. The molecule has 0 radical (unpaired) electrons. The largest absolute Gasteiger partial charge is 0.492 e. The van der Waals surface area contributed by atoms with E-state index in [2.05, 4.69) is 6.07 Å². The van der Waals surface area contributed by atoms with Gasteiger partial charge >= 0.3 is 0 Å². The molecule has 0 saturated heterocycles. The van der Waals surface area contributed by atoms with Crippen molar-refractivity contribution in [3.8, 4) is 23.3 Å². The minimum atomic E-state index is 0.399. The first-order valence-corrected chi connectivity index (χ1v) is 6.39. The van der Waals surface area contributed by atoms with Gasteiger partial charge in [0.1, 0.15) is 17.2 Å². The van der Waals surface area contributed by atoms with Gasteiger partial charge in [-0.2, -0.15) is 5.26 Å². The van der Waals surface area contributed by atoms with E-state index in [0.29, 0.717) is 36.0 Å². The molecule has 0 spiro atoms.